The van der Waals surface area contributed by atoms with Crippen LogP contribution in [-0.4, -0.2) is 22.4 Å². The van der Waals surface area contributed by atoms with E-state index in [-0.39, 0.29) is 5.91 Å². The molecule has 1 aromatic carbocycles. The van der Waals surface area contributed by atoms with Crippen LogP contribution in [0.3, 0.4) is 0 Å². The van der Waals surface area contributed by atoms with Gasteiger partial charge in [-0.05, 0) is 31.0 Å². The van der Waals surface area contributed by atoms with Crippen LogP contribution in [0.4, 0.5) is 0 Å². The van der Waals surface area contributed by atoms with Crippen LogP contribution < -0.4 is 11.1 Å². The molecule has 0 saturated carbocycles. The molecule has 2 heterocycles. The first-order valence-electron chi connectivity index (χ1n) is 8.58. The number of aromatic nitrogens is 2. The number of nitrogens with zero attached hydrogens (tertiary/aromatic N) is 2. The molecule has 3 rings (SSSR count). The molecule has 1 amide bonds. The van der Waals surface area contributed by atoms with Gasteiger partial charge in [0.05, 0.1) is 10.7 Å². The first-order valence-corrected chi connectivity index (χ1v) is 9.46. The molecule has 3 N–H and O–H groups in total. The second kappa shape index (κ2) is 8.69. The van der Waals surface area contributed by atoms with Gasteiger partial charge in [-0.1, -0.05) is 29.8 Å². The van der Waals surface area contributed by atoms with E-state index in [1.807, 2.05) is 43.3 Å². The van der Waals surface area contributed by atoms with Crippen molar-refractivity contribution in [2.45, 2.75) is 25.8 Å². The highest BCUT2D eigenvalue weighted by Gasteiger charge is 2.14. The third-order valence-corrected chi connectivity index (χ3v) is 5.02. The molecule has 5 nitrogen and oxygen atoms in total. The third kappa shape index (κ3) is 4.74. The predicted octanol–water partition coefficient (Wildman–Crippen LogP) is 3.26. The molecule has 0 aliphatic carbocycles. The summed E-state index contributed by atoms with van der Waals surface area (Å²) >= 11 is 1.64. The van der Waals surface area contributed by atoms with Gasteiger partial charge in [-0.25, -0.2) is 4.98 Å². The van der Waals surface area contributed by atoms with Crippen LogP contribution in [-0.2, 0) is 11.2 Å². The zero-order valence-electron chi connectivity index (χ0n) is 14.7. The molecule has 0 bridgehead atoms. The first-order chi connectivity index (χ1) is 12.6. The SMILES string of the molecule is Cc1ccc(C(N)C(=O)NCCCc2nc(-c3ccncc3)cs2)cc1. The van der Waals surface area contributed by atoms with E-state index in [4.69, 9.17) is 5.73 Å². The van der Waals surface area contributed by atoms with Crippen molar-refractivity contribution < 1.29 is 4.79 Å². The normalized spacial score (nSPS) is 11.9. The smallest absolute Gasteiger partial charge is 0.241 e. The van der Waals surface area contributed by atoms with Crippen LogP contribution in [0.2, 0.25) is 0 Å². The highest BCUT2D eigenvalue weighted by Crippen LogP contribution is 2.21. The van der Waals surface area contributed by atoms with Crippen LogP contribution in [0.5, 0.6) is 0 Å². The zero-order valence-corrected chi connectivity index (χ0v) is 15.5. The van der Waals surface area contributed by atoms with Gasteiger partial charge in [-0.15, -0.1) is 11.3 Å². The number of nitrogens with two attached hydrogens (primary N) is 1. The number of carbonyl (C=O) groups excluding carboxylic acids is 1. The van der Waals surface area contributed by atoms with Gasteiger partial charge in [0.1, 0.15) is 6.04 Å². The molecule has 6 heteroatoms. The Balaban J connectivity index is 1.45. The number of hydrogen-bond donors (Lipinski definition) is 2. The summed E-state index contributed by atoms with van der Waals surface area (Å²) in [6, 6.07) is 11.0. The highest BCUT2D eigenvalue weighted by molar-refractivity contribution is 7.09. The maximum Gasteiger partial charge on any atom is 0.241 e. The number of amides is 1. The quantitative estimate of drug-likeness (QED) is 0.629. The van der Waals surface area contributed by atoms with Gasteiger partial charge in [-0.2, -0.15) is 0 Å². The maximum absolute atomic E-state index is 12.2. The number of carbonyl (C=O) groups is 1. The average Bonchev–Trinajstić information content (AvgIpc) is 3.15. The fourth-order valence-electron chi connectivity index (χ4n) is 2.57. The lowest BCUT2D eigenvalue weighted by Crippen LogP contribution is -2.34. The van der Waals surface area contributed by atoms with Gasteiger partial charge in [0.15, 0.2) is 0 Å². The van der Waals surface area contributed by atoms with E-state index in [1.54, 1.807) is 23.7 Å². The van der Waals surface area contributed by atoms with Gasteiger partial charge in [0.2, 0.25) is 5.91 Å². The second-order valence-corrected chi connectivity index (χ2v) is 7.09. The summed E-state index contributed by atoms with van der Waals surface area (Å²) in [6.07, 6.45) is 5.19. The van der Waals surface area contributed by atoms with E-state index in [1.165, 1.54) is 0 Å². The first kappa shape index (κ1) is 18.2. The van der Waals surface area contributed by atoms with Crippen LogP contribution in [0.15, 0.2) is 54.2 Å². The van der Waals surface area contributed by atoms with E-state index in [0.717, 1.165) is 40.2 Å². The van der Waals surface area contributed by atoms with E-state index in [9.17, 15) is 4.79 Å². The number of rotatable bonds is 7. The number of benzene rings is 1. The molecule has 0 saturated heterocycles. The molecular weight excluding hydrogens is 344 g/mol. The Morgan fingerprint density at radius 2 is 1.92 bits per heavy atom. The van der Waals surface area contributed by atoms with Crippen molar-refractivity contribution in [3.8, 4) is 11.3 Å². The van der Waals surface area contributed by atoms with Crippen LogP contribution in [0, 0.1) is 6.92 Å². The summed E-state index contributed by atoms with van der Waals surface area (Å²) in [5.41, 5.74) is 10.0. The number of hydrogen-bond acceptors (Lipinski definition) is 5. The largest absolute Gasteiger partial charge is 0.354 e. The summed E-state index contributed by atoms with van der Waals surface area (Å²) in [5.74, 6) is -0.148. The number of pyridine rings is 1. The van der Waals surface area contributed by atoms with Crippen molar-refractivity contribution in [1.29, 1.82) is 0 Å². The van der Waals surface area contributed by atoms with Gasteiger partial charge >= 0.3 is 0 Å². The molecule has 3 aromatic rings. The van der Waals surface area contributed by atoms with Crippen LogP contribution >= 0.6 is 11.3 Å². The average molecular weight is 366 g/mol. The molecular formula is C20H22N4OS. The molecule has 2 aromatic heterocycles. The molecule has 0 radical (unpaired) electrons. The van der Waals surface area contributed by atoms with Crippen molar-refractivity contribution in [2.24, 2.45) is 5.73 Å². The van der Waals surface area contributed by atoms with E-state index in [0.29, 0.717) is 6.54 Å². The highest BCUT2D eigenvalue weighted by atomic mass is 32.1. The summed E-state index contributed by atoms with van der Waals surface area (Å²) in [4.78, 5) is 20.8. The minimum Gasteiger partial charge on any atom is -0.354 e. The van der Waals surface area contributed by atoms with Gasteiger partial charge in [0, 0.05) is 36.3 Å². The minimum atomic E-state index is -0.631. The fourth-order valence-corrected chi connectivity index (χ4v) is 3.42. The lowest BCUT2D eigenvalue weighted by atomic mass is 10.1. The summed E-state index contributed by atoms with van der Waals surface area (Å²) in [6.45, 7) is 2.59. The molecule has 1 atom stereocenters. The Labute approximate surface area is 157 Å². The molecule has 134 valence electrons. The van der Waals surface area contributed by atoms with E-state index < -0.39 is 6.04 Å². The van der Waals surface area contributed by atoms with Crippen molar-refractivity contribution >= 4 is 17.2 Å². The monoisotopic (exact) mass is 366 g/mol. The fraction of sp³-hybridized carbons (Fsp3) is 0.250. The van der Waals surface area contributed by atoms with Crippen molar-refractivity contribution in [1.82, 2.24) is 15.3 Å². The molecule has 0 aliphatic rings. The minimum absolute atomic E-state index is 0.148. The van der Waals surface area contributed by atoms with E-state index >= 15 is 0 Å². The molecule has 0 aliphatic heterocycles. The third-order valence-electron chi connectivity index (χ3n) is 4.11. The number of thiazole rings is 1. The van der Waals surface area contributed by atoms with Crippen molar-refractivity contribution in [3.05, 3.63) is 70.3 Å². The summed E-state index contributed by atoms with van der Waals surface area (Å²) in [5, 5.41) is 6.02. The lowest BCUT2D eigenvalue weighted by molar-refractivity contribution is -0.122. The Morgan fingerprint density at radius 3 is 2.65 bits per heavy atom. The standard InChI is InChI=1S/C20H22N4OS/c1-14-4-6-16(7-5-14)19(21)20(25)23-10-2-3-18-24-17(13-26-18)15-8-11-22-12-9-15/h4-9,11-13,19H,2-3,10,21H2,1H3,(H,23,25). The van der Waals surface area contributed by atoms with Gasteiger partial charge in [0.25, 0.3) is 0 Å². The topological polar surface area (TPSA) is 80.9 Å². The van der Waals surface area contributed by atoms with Gasteiger partial charge < -0.3 is 11.1 Å². The van der Waals surface area contributed by atoms with Crippen molar-refractivity contribution in [3.63, 3.8) is 0 Å². The Kier molecular flexibility index (Phi) is 6.09. The molecule has 1 unspecified atom stereocenters. The lowest BCUT2D eigenvalue weighted by Gasteiger charge is -2.12. The van der Waals surface area contributed by atoms with Crippen molar-refractivity contribution in [2.75, 3.05) is 6.54 Å². The maximum atomic E-state index is 12.2. The second-order valence-electron chi connectivity index (χ2n) is 6.15. The number of aryl methyl sites for hydroxylation is 2. The predicted molar refractivity (Wildman–Crippen MR) is 105 cm³/mol. The Morgan fingerprint density at radius 1 is 1.19 bits per heavy atom. The van der Waals surface area contributed by atoms with Crippen LogP contribution in [0.25, 0.3) is 11.3 Å². The molecule has 26 heavy (non-hydrogen) atoms. The zero-order chi connectivity index (χ0) is 18.4. The van der Waals surface area contributed by atoms with Crippen LogP contribution in [0.1, 0.15) is 28.6 Å². The number of nitrogens with one attached hydrogen (secondary N) is 1. The van der Waals surface area contributed by atoms with E-state index in [2.05, 4.69) is 20.7 Å². The summed E-state index contributed by atoms with van der Waals surface area (Å²) < 4.78 is 0. The molecule has 0 spiro atoms. The van der Waals surface area contributed by atoms with Gasteiger partial charge in [-0.3, -0.25) is 9.78 Å². The summed E-state index contributed by atoms with van der Waals surface area (Å²) in [7, 11) is 0. The Bertz CT molecular complexity index is 846. The Hall–Kier alpha value is -2.57. The molecule has 0 fully saturated rings.